The maximum atomic E-state index is 10.0. The monoisotopic (exact) mass is 243 g/mol. The maximum absolute atomic E-state index is 10.0. The minimum atomic E-state index is -0.717. The molecule has 3 N–H and O–H groups in total. The zero-order valence-electron chi connectivity index (χ0n) is 10.3. The van der Waals surface area contributed by atoms with E-state index in [0.29, 0.717) is 11.3 Å². The van der Waals surface area contributed by atoms with Crippen molar-refractivity contribution in [2.45, 2.75) is 13.0 Å². The highest BCUT2D eigenvalue weighted by atomic mass is 16.5. The Bertz CT molecular complexity index is 525. The summed E-state index contributed by atoms with van der Waals surface area (Å²) in [6.45, 7) is 2.16. The standard InChI is InChI=1S/C15H17NO2/c1-11-6-2-5-9-15(11)18-10-14(17)12-7-3-4-8-13(12)16/h2-9,14,17H,10,16H2,1H3. The first-order valence-corrected chi connectivity index (χ1v) is 5.89. The minimum absolute atomic E-state index is 0.194. The molecule has 0 aromatic heterocycles. The van der Waals surface area contributed by atoms with Gasteiger partial charge in [-0.25, -0.2) is 0 Å². The summed E-state index contributed by atoms with van der Waals surface area (Å²) < 4.78 is 5.60. The molecule has 94 valence electrons. The number of anilines is 1. The van der Waals surface area contributed by atoms with Gasteiger partial charge in [0.05, 0.1) is 0 Å². The van der Waals surface area contributed by atoms with Gasteiger partial charge >= 0.3 is 0 Å². The van der Waals surface area contributed by atoms with Crippen molar-refractivity contribution in [2.75, 3.05) is 12.3 Å². The van der Waals surface area contributed by atoms with Crippen molar-refractivity contribution in [3.63, 3.8) is 0 Å². The topological polar surface area (TPSA) is 55.5 Å². The van der Waals surface area contributed by atoms with Crippen LogP contribution in [0.4, 0.5) is 5.69 Å². The van der Waals surface area contributed by atoms with E-state index in [1.54, 1.807) is 12.1 Å². The van der Waals surface area contributed by atoms with Crippen LogP contribution in [0.2, 0.25) is 0 Å². The molecule has 1 atom stereocenters. The summed E-state index contributed by atoms with van der Waals surface area (Å²) >= 11 is 0. The largest absolute Gasteiger partial charge is 0.490 e. The maximum Gasteiger partial charge on any atom is 0.122 e. The molecule has 0 saturated heterocycles. The van der Waals surface area contributed by atoms with E-state index < -0.39 is 6.10 Å². The Morgan fingerprint density at radius 3 is 2.50 bits per heavy atom. The van der Waals surface area contributed by atoms with Gasteiger partial charge in [-0.05, 0) is 24.6 Å². The fourth-order valence-electron chi connectivity index (χ4n) is 1.79. The molecule has 0 aliphatic rings. The molecule has 0 heterocycles. The highest BCUT2D eigenvalue weighted by Gasteiger charge is 2.11. The SMILES string of the molecule is Cc1ccccc1OCC(O)c1ccccc1N. The molecule has 2 aromatic carbocycles. The number of hydrogen-bond donors (Lipinski definition) is 2. The van der Waals surface area contributed by atoms with Crippen LogP contribution in [-0.4, -0.2) is 11.7 Å². The number of hydrogen-bond acceptors (Lipinski definition) is 3. The van der Waals surface area contributed by atoms with Crippen LogP contribution in [0.3, 0.4) is 0 Å². The molecule has 0 aliphatic heterocycles. The Morgan fingerprint density at radius 2 is 1.78 bits per heavy atom. The Kier molecular flexibility index (Phi) is 3.85. The van der Waals surface area contributed by atoms with Crippen LogP contribution in [0.5, 0.6) is 5.75 Å². The first kappa shape index (κ1) is 12.5. The predicted molar refractivity (Wildman–Crippen MR) is 72.5 cm³/mol. The summed E-state index contributed by atoms with van der Waals surface area (Å²) in [6, 6.07) is 15.0. The number of aryl methyl sites for hydroxylation is 1. The molecule has 3 nitrogen and oxygen atoms in total. The first-order valence-electron chi connectivity index (χ1n) is 5.89. The molecule has 2 rings (SSSR count). The summed E-state index contributed by atoms with van der Waals surface area (Å²) in [7, 11) is 0. The number of rotatable bonds is 4. The number of nitrogen functional groups attached to an aromatic ring is 1. The third-order valence-electron chi connectivity index (χ3n) is 2.85. The molecule has 0 bridgehead atoms. The fraction of sp³-hybridized carbons (Fsp3) is 0.200. The van der Waals surface area contributed by atoms with E-state index in [0.717, 1.165) is 11.3 Å². The smallest absolute Gasteiger partial charge is 0.122 e. The van der Waals surface area contributed by atoms with Gasteiger partial charge in [-0.2, -0.15) is 0 Å². The molecular formula is C15H17NO2. The average molecular weight is 243 g/mol. The molecular weight excluding hydrogens is 226 g/mol. The molecule has 0 fully saturated rings. The summed E-state index contributed by atoms with van der Waals surface area (Å²) in [4.78, 5) is 0. The number of nitrogens with two attached hydrogens (primary N) is 1. The van der Waals surface area contributed by atoms with Gasteiger partial charge in [0, 0.05) is 11.3 Å². The van der Waals surface area contributed by atoms with Crippen LogP contribution in [0.25, 0.3) is 0 Å². The van der Waals surface area contributed by atoms with E-state index in [9.17, 15) is 5.11 Å². The van der Waals surface area contributed by atoms with E-state index in [-0.39, 0.29) is 6.61 Å². The molecule has 1 unspecified atom stereocenters. The minimum Gasteiger partial charge on any atom is -0.490 e. The van der Waals surface area contributed by atoms with Gasteiger partial charge in [0.1, 0.15) is 18.5 Å². The van der Waals surface area contributed by atoms with Crippen LogP contribution in [-0.2, 0) is 0 Å². The van der Waals surface area contributed by atoms with Crippen LogP contribution < -0.4 is 10.5 Å². The normalized spacial score (nSPS) is 12.1. The quantitative estimate of drug-likeness (QED) is 0.812. The van der Waals surface area contributed by atoms with Crippen LogP contribution in [0.15, 0.2) is 48.5 Å². The number of ether oxygens (including phenoxy) is 1. The van der Waals surface area contributed by atoms with Gasteiger partial charge < -0.3 is 15.6 Å². The van der Waals surface area contributed by atoms with Crippen molar-refractivity contribution in [1.82, 2.24) is 0 Å². The first-order chi connectivity index (χ1) is 8.68. The molecule has 0 radical (unpaired) electrons. The van der Waals surface area contributed by atoms with Gasteiger partial charge in [-0.15, -0.1) is 0 Å². The van der Waals surface area contributed by atoms with Crippen molar-refractivity contribution in [2.24, 2.45) is 0 Å². The van der Waals surface area contributed by atoms with E-state index in [1.165, 1.54) is 0 Å². The van der Waals surface area contributed by atoms with Gasteiger partial charge in [0.25, 0.3) is 0 Å². The highest BCUT2D eigenvalue weighted by molar-refractivity contribution is 5.47. The van der Waals surface area contributed by atoms with Gasteiger partial charge in [0.15, 0.2) is 0 Å². The van der Waals surface area contributed by atoms with E-state index in [1.807, 2.05) is 43.3 Å². The Labute approximate surface area is 107 Å². The van der Waals surface area contributed by atoms with Gasteiger partial charge in [0.2, 0.25) is 0 Å². The fourth-order valence-corrected chi connectivity index (χ4v) is 1.79. The van der Waals surface area contributed by atoms with Crippen molar-refractivity contribution >= 4 is 5.69 Å². The number of aliphatic hydroxyl groups excluding tert-OH is 1. The lowest BCUT2D eigenvalue weighted by atomic mass is 10.1. The third-order valence-corrected chi connectivity index (χ3v) is 2.85. The molecule has 3 heteroatoms. The lowest BCUT2D eigenvalue weighted by molar-refractivity contribution is 0.108. The second-order valence-electron chi connectivity index (χ2n) is 4.22. The van der Waals surface area contributed by atoms with Crippen molar-refractivity contribution in [3.05, 3.63) is 59.7 Å². The summed E-state index contributed by atoms with van der Waals surface area (Å²) in [5.41, 5.74) is 8.13. The third kappa shape index (κ3) is 2.81. The van der Waals surface area contributed by atoms with Crippen LogP contribution >= 0.6 is 0 Å². The van der Waals surface area contributed by atoms with Crippen molar-refractivity contribution < 1.29 is 9.84 Å². The second kappa shape index (κ2) is 5.56. The molecule has 0 spiro atoms. The van der Waals surface area contributed by atoms with Crippen molar-refractivity contribution in [1.29, 1.82) is 0 Å². The molecule has 0 saturated carbocycles. The zero-order valence-corrected chi connectivity index (χ0v) is 10.3. The summed E-state index contributed by atoms with van der Waals surface area (Å²) in [6.07, 6.45) is -0.717. The van der Waals surface area contributed by atoms with E-state index in [2.05, 4.69) is 0 Å². The summed E-state index contributed by atoms with van der Waals surface area (Å²) in [5, 5.41) is 10.0. The lowest BCUT2D eigenvalue weighted by Crippen LogP contribution is -2.11. The zero-order chi connectivity index (χ0) is 13.0. The van der Waals surface area contributed by atoms with Crippen LogP contribution in [0, 0.1) is 6.92 Å². The number of benzene rings is 2. The predicted octanol–water partition coefficient (Wildman–Crippen LogP) is 2.69. The van der Waals surface area contributed by atoms with Gasteiger partial charge in [-0.1, -0.05) is 36.4 Å². The van der Waals surface area contributed by atoms with E-state index >= 15 is 0 Å². The molecule has 2 aromatic rings. The Hall–Kier alpha value is -2.00. The molecule has 18 heavy (non-hydrogen) atoms. The van der Waals surface area contributed by atoms with Crippen LogP contribution in [0.1, 0.15) is 17.2 Å². The average Bonchev–Trinajstić information content (AvgIpc) is 2.38. The lowest BCUT2D eigenvalue weighted by Gasteiger charge is -2.15. The Morgan fingerprint density at radius 1 is 1.11 bits per heavy atom. The number of para-hydroxylation sites is 2. The molecule has 0 amide bonds. The van der Waals surface area contributed by atoms with Crippen molar-refractivity contribution in [3.8, 4) is 5.75 Å². The summed E-state index contributed by atoms with van der Waals surface area (Å²) in [5.74, 6) is 0.783. The molecule has 0 aliphatic carbocycles. The van der Waals surface area contributed by atoms with Gasteiger partial charge in [-0.3, -0.25) is 0 Å². The Balaban J connectivity index is 2.03. The second-order valence-corrected chi connectivity index (χ2v) is 4.22. The highest BCUT2D eigenvalue weighted by Crippen LogP contribution is 2.22. The van der Waals surface area contributed by atoms with E-state index in [4.69, 9.17) is 10.5 Å². The number of aliphatic hydroxyl groups is 1.